The Bertz CT molecular complexity index is 706. The lowest BCUT2D eigenvalue weighted by molar-refractivity contribution is 0.399. The number of aliphatic hydroxyl groups excluding tert-OH is 1. The van der Waals surface area contributed by atoms with Gasteiger partial charge in [0, 0.05) is 25.2 Å². The fraction of sp³-hybridized carbons (Fsp3) is 0.333. The van der Waals surface area contributed by atoms with Crippen LogP contribution in [0.5, 0.6) is 5.75 Å². The van der Waals surface area contributed by atoms with E-state index in [9.17, 15) is 8.78 Å². The number of aromatic hydroxyl groups is 1. The molecule has 0 saturated carbocycles. The minimum absolute atomic E-state index is 0.0666. The van der Waals surface area contributed by atoms with Gasteiger partial charge in [0.1, 0.15) is 11.9 Å². The SMILES string of the molecule is CC.CC#N.CO.Cc1c(F)c(O)c(C)c(C#N)c1F.Cc1ccccc1. The highest BCUT2D eigenvalue weighted by atomic mass is 19.1. The van der Waals surface area contributed by atoms with Crippen LogP contribution in [-0.4, -0.2) is 17.3 Å². The van der Waals surface area contributed by atoms with Crippen LogP contribution in [0, 0.1) is 55.1 Å². The van der Waals surface area contributed by atoms with E-state index < -0.39 is 17.4 Å². The van der Waals surface area contributed by atoms with Gasteiger partial charge in [-0.3, -0.25) is 0 Å². The van der Waals surface area contributed by atoms with Gasteiger partial charge < -0.3 is 10.2 Å². The Kier molecular flexibility index (Phi) is 19.1. The number of halogens is 2. The van der Waals surface area contributed by atoms with Crippen molar-refractivity contribution in [2.24, 2.45) is 0 Å². The van der Waals surface area contributed by atoms with Crippen LogP contribution in [0.15, 0.2) is 30.3 Å². The van der Waals surface area contributed by atoms with E-state index in [0.29, 0.717) is 0 Å². The Morgan fingerprint density at radius 1 is 0.852 bits per heavy atom. The summed E-state index contributed by atoms with van der Waals surface area (Å²) in [7, 11) is 1.00. The normalized spacial score (nSPS) is 7.70. The molecular weight excluding hydrogens is 350 g/mol. The predicted molar refractivity (Wildman–Crippen MR) is 104 cm³/mol. The highest BCUT2D eigenvalue weighted by Gasteiger charge is 2.18. The molecule has 27 heavy (non-hydrogen) atoms. The van der Waals surface area contributed by atoms with Gasteiger partial charge >= 0.3 is 0 Å². The summed E-state index contributed by atoms with van der Waals surface area (Å²) in [5.41, 5.74) is 0.613. The monoisotopic (exact) mass is 378 g/mol. The molecule has 2 N–H and O–H groups in total. The number of phenols is 1. The number of hydrogen-bond donors (Lipinski definition) is 2. The zero-order valence-electron chi connectivity index (χ0n) is 16.9. The lowest BCUT2D eigenvalue weighted by Crippen LogP contribution is -1.98. The maximum absolute atomic E-state index is 13.1. The summed E-state index contributed by atoms with van der Waals surface area (Å²) in [4.78, 5) is 0. The van der Waals surface area contributed by atoms with Crippen LogP contribution in [0.2, 0.25) is 0 Å². The molecule has 0 atom stereocenters. The first-order valence-electron chi connectivity index (χ1n) is 8.16. The third kappa shape index (κ3) is 10.6. The molecule has 0 aliphatic heterocycles. The summed E-state index contributed by atoms with van der Waals surface area (Å²) >= 11 is 0. The molecule has 0 saturated heterocycles. The zero-order chi connectivity index (χ0) is 22.0. The smallest absolute Gasteiger partial charge is 0.170 e. The Morgan fingerprint density at radius 2 is 1.26 bits per heavy atom. The number of benzene rings is 2. The molecule has 0 bridgehead atoms. The molecule has 2 rings (SSSR count). The molecule has 4 nitrogen and oxygen atoms in total. The average molecular weight is 378 g/mol. The Morgan fingerprint density at radius 3 is 1.56 bits per heavy atom. The summed E-state index contributed by atoms with van der Waals surface area (Å²) in [5, 5.41) is 32.0. The Balaban J connectivity index is -0.000000346. The van der Waals surface area contributed by atoms with Crippen LogP contribution in [0.25, 0.3) is 0 Å². The Hall–Kier alpha value is -2.96. The summed E-state index contributed by atoms with van der Waals surface area (Å²) in [6, 6.07) is 13.6. The van der Waals surface area contributed by atoms with E-state index in [-0.39, 0.29) is 16.7 Å². The van der Waals surface area contributed by atoms with Gasteiger partial charge in [-0.15, -0.1) is 0 Å². The minimum Gasteiger partial charge on any atom is -0.505 e. The second kappa shape index (κ2) is 17.8. The van der Waals surface area contributed by atoms with Crippen LogP contribution in [0.1, 0.15) is 43.0 Å². The maximum Gasteiger partial charge on any atom is 0.170 e. The Labute approximate surface area is 161 Å². The topological polar surface area (TPSA) is 88.0 Å². The second-order valence-electron chi connectivity index (χ2n) is 4.59. The van der Waals surface area contributed by atoms with Crippen molar-refractivity contribution in [1.82, 2.24) is 0 Å². The molecule has 0 fully saturated rings. The van der Waals surface area contributed by atoms with Crippen molar-refractivity contribution >= 4 is 0 Å². The van der Waals surface area contributed by atoms with Gasteiger partial charge in [-0.1, -0.05) is 49.7 Å². The fourth-order valence-corrected chi connectivity index (χ4v) is 1.58. The molecule has 0 amide bonds. The third-order valence-electron chi connectivity index (χ3n) is 2.87. The fourth-order valence-electron chi connectivity index (χ4n) is 1.58. The number of nitriles is 2. The predicted octanol–water partition coefficient (Wildman–Crippen LogP) is 5.32. The molecule has 6 heteroatoms. The molecule has 0 aliphatic carbocycles. The van der Waals surface area contributed by atoms with Crippen molar-refractivity contribution in [1.29, 1.82) is 10.5 Å². The molecule has 0 aromatic heterocycles. The lowest BCUT2D eigenvalue weighted by atomic mass is 10.0. The number of rotatable bonds is 0. The summed E-state index contributed by atoms with van der Waals surface area (Å²) in [6.07, 6.45) is 0. The molecule has 0 heterocycles. The van der Waals surface area contributed by atoms with Crippen molar-refractivity contribution in [3.8, 4) is 17.9 Å². The van der Waals surface area contributed by atoms with Crippen LogP contribution < -0.4 is 0 Å². The van der Waals surface area contributed by atoms with Gasteiger partial charge in [0.15, 0.2) is 11.6 Å². The van der Waals surface area contributed by atoms with E-state index in [2.05, 4.69) is 19.1 Å². The van der Waals surface area contributed by atoms with Gasteiger partial charge in [0.25, 0.3) is 0 Å². The largest absolute Gasteiger partial charge is 0.505 e. The molecule has 0 radical (unpaired) electrons. The number of hydrogen-bond acceptors (Lipinski definition) is 4. The maximum atomic E-state index is 13.1. The minimum atomic E-state index is -1.01. The van der Waals surface area contributed by atoms with E-state index >= 15 is 0 Å². The third-order valence-corrected chi connectivity index (χ3v) is 2.87. The summed E-state index contributed by atoms with van der Waals surface area (Å²) < 4.78 is 26.1. The van der Waals surface area contributed by atoms with Gasteiger partial charge in [-0.25, -0.2) is 8.78 Å². The standard InChI is InChI=1S/C9H7F2NO.C7H8.C2H3N.C2H6.CH4O/c1-4-6(3-12)7(10)5(2)8(11)9(4)13;1-7-5-3-2-4-6-7;1-2-3;2*1-2/h13H,1-2H3;2-6H,1H3;1H3;1-2H3;2H,1H3. The van der Waals surface area contributed by atoms with Crippen molar-refractivity contribution in [3.63, 3.8) is 0 Å². The van der Waals surface area contributed by atoms with Crippen LogP contribution in [0.3, 0.4) is 0 Å². The van der Waals surface area contributed by atoms with Crippen LogP contribution in [0.4, 0.5) is 8.78 Å². The number of phenolic OH excluding ortho intramolecular Hbond substituents is 1. The number of nitrogens with zero attached hydrogens (tertiary/aromatic N) is 2. The number of aryl methyl sites for hydroxylation is 1. The van der Waals surface area contributed by atoms with Gasteiger partial charge in [0.2, 0.25) is 0 Å². The molecule has 2 aromatic rings. The number of aliphatic hydroxyl groups is 1. The summed E-state index contributed by atoms with van der Waals surface area (Å²) in [5.74, 6) is -2.57. The van der Waals surface area contributed by atoms with Crippen LogP contribution in [-0.2, 0) is 0 Å². The van der Waals surface area contributed by atoms with Crippen molar-refractivity contribution in [2.45, 2.75) is 41.5 Å². The molecule has 0 spiro atoms. The van der Waals surface area contributed by atoms with Gasteiger partial charge in [-0.05, 0) is 20.8 Å². The van der Waals surface area contributed by atoms with Crippen molar-refractivity contribution < 1.29 is 19.0 Å². The first-order valence-corrected chi connectivity index (χ1v) is 8.16. The molecule has 0 aliphatic rings. The van der Waals surface area contributed by atoms with Crippen LogP contribution >= 0.6 is 0 Å². The van der Waals surface area contributed by atoms with E-state index in [1.54, 1.807) is 12.1 Å². The van der Waals surface area contributed by atoms with Gasteiger partial charge in [-0.2, -0.15) is 10.5 Å². The van der Waals surface area contributed by atoms with E-state index in [4.69, 9.17) is 20.7 Å². The molecule has 0 unspecified atom stereocenters. The molecular formula is C21H28F2N2O2. The highest BCUT2D eigenvalue weighted by molar-refractivity contribution is 5.49. The van der Waals surface area contributed by atoms with E-state index in [0.717, 1.165) is 7.11 Å². The van der Waals surface area contributed by atoms with E-state index in [1.807, 2.05) is 32.0 Å². The second-order valence-corrected chi connectivity index (χ2v) is 4.59. The van der Waals surface area contributed by atoms with Gasteiger partial charge in [0.05, 0.1) is 11.6 Å². The lowest BCUT2D eigenvalue weighted by Gasteiger charge is -2.06. The molecule has 2 aromatic carbocycles. The quantitative estimate of drug-likeness (QED) is 0.649. The first kappa shape index (κ1) is 28.8. The molecule has 148 valence electrons. The van der Waals surface area contributed by atoms with Crippen molar-refractivity contribution in [2.75, 3.05) is 7.11 Å². The first-order chi connectivity index (χ1) is 12.8. The van der Waals surface area contributed by atoms with Crippen molar-refractivity contribution in [3.05, 3.63) is 64.2 Å². The zero-order valence-corrected chi connectivity index (χ0v) is 16.9. The van der Waals surface area contributed by atoms with E-state index in [1.165, 1.54) is 26.3 Å². The summed E-state index contributed by atoms with van der Waals surface area (Å²) in [6.45, 7) is 9.98. The highest BCUT2D eigenvalue weighted by Crippen LogP contribution is 2.29. The average Bonchev–Trinajstić information content (AvgIpc) is 2.70.